The lowest BCUT2D eigenvalue weighted by Gasteiger charge is -2.23. The smallest absolute Gasteiger partial charge is 0.454 e. The summed E-state index contributed by atoms with van der Waals surface area (Å²) in [6, 6.07) is 24.8. The lowest BCUT2D eigenvalue weighted by Crippen LogP contribution is -2.58. The van der Waals surface area contributed by atoms with Gasteiger partial charge in [0.2, 0.25) is 0 Å². The molecule has 2 unspecified atom stereocenters. The molecule has 0 fully saturated rings. The van der Waals surface area contributed by atoms with Gasteiger partial charge in [0.1, 0.15) is 47.2 Å². The summed E-state index contributed by atoms with van der Waals surface area (Å²) in [4.78, 5) is 27.3. The first-order chi connectivity index (χ1) is 23.2. The molecule has 1 aliphatic rings. The molecule has 0 amide bonds. The first-order valence-electron chi connectivity index (χ1n) is 15.1. The maximum atomic E-state index is 13.7. The molecule has 1 aliphatic heterocycles. The van der Waals surface area contributed by atoms with Gasteiger partial charge in [0.05, 0.1) is 21.3 Å². The third kappa shape index (κ3) is 8.27. The SMILES string of the molecule is COc1cccc(OCC(O)CNC(C)Cc2ccc3c(c2)OC(C(=O)Oc2cccc(OC)c2)(C(=O)Oc2cccc(OC)c2)O3)c1. The third-order valence-electron chi connectivity index (χ3n) is 7.28. The average Bonchev–Trinajstić information content (AvgIpc) is 3.50. The van der Waals surface area contributed by atoms with Gasteiger partial charge in [-0.3, -0.25) is 0 Å². The predicted octanol–water partition coefficient (Wildman–Crippen LogP) is 4.35. The summed E-state index contributed by atoms with van der Waals surface area (Å²) >= 11 is 0. The van der Waals surface area contributed by atoms with Crippen LogP contribution in [0.3, 0.4) is 0 Å². The number of fused-ring (bicyclic) bond motifs is 1. The first kappa shape index (κ1) is 33.9. The Morgan fingerprint density at radius 2 is 1.21 bits per heavy atom. The van der Waals surface area contributed by atoms with Crippen molar-refractivity contribution in [3.8, 4) is 46.0 Å². The van der Waals surface area contributed by atoms with Gasteiger partial charge in [0, 0.05) is 30.8 Å². The van der Waals surface area contributed by atoms with Gasteiger partial charge < -0.3 is 48.3 Å². The van der Waals surface area contributed by atoms with E-state index in [4.69, 9.17) is 37.9 Å². The number of carbonyl (C=O) groups is 2. The summed E-state index contributed by atoms with van der Waals surface area (Å²) in [6.07, 6.45) is -0.238. The summed E-state index contributed by atoms with van der Waals surface area (Å²) in [5.41, 5.74) is 0.817. The van der Waals surface area contributed by atoms with Crippen LogP contribution in [0.5, 0.6) is 46.0 Å². The minimum Gasteiger partial charge on any atom is -0.497 e. The maximum absolute atomic E-state index is 13.7. The molecule has 12 heteroatoms. The fourth-order valence-electron chi connectivity index (χ4n) is 4.81. The Morgan fingerprint density at radius 3 is 1.77 bits per heavy atom. The van der Waals surface area contributed by atoms with Crippen molar-refractivity contribution in [2.24, 2.45) is 0 Å². The number of methoxy groups -OCH3 is 3. The zero-order chi connectivity index (χ0) is 34.1. The largest absolute Gasteiger partial charge is 0.497 e. The normalized spacial score (nSPS) is 13.9. The van der Waals surface area contributed by atoms with Crippen LogP contribution in [-0.4, -0.2) is 69.5 Å². The molecule has 12 nitrogen and oxygen atoms in total. The number of esters is 2. The average molecular weight is 660 g/mol. The van der Waals surface area contributed by atoms with Gasteiger partial charge in [0.25, 0.3) is 0 Å². The number of aliphatic hydroxyl groups excluding tert-OH is 1. The Kier molecular flexibility index (Phi) is 10.9. The second-order valence-corrected chi connectivity index (χ2v) is 10.9. The van der Waals surface area contributed by atoms with E-state index in [2.05, 4.69) is 5.32 Å². The van der Waals surface area contributed by atoms with Crippen LogP contribution in [0, 0.1) is 0 Å². The number of aliphatic hydroxyl groups is 1. The molecule has 1 heterocycles. The zero-order valence-corrected chi connectivity index (χ0v) is 27.0. The van der Waals surface area contributed by atoms with Crippen LogP contribution < -0.4 is 43.2 Å². The van der Waals surface area contributed by atoms with Crippen LogP contribution >= 0.6 is 0 Å². The van der Waals surface area contributed by atoms with Gasteiger partial charge in [-0.2, -0.15) is 0 Å². The number of benzene rings is 4. The Labute approximate surface area is 278 Å². The molecule has 4 aromatic rings. The van der Waals surface area contributed by atoms with Crippen molar-refractivity contribution >= 4 is 11.9 Å². The molecule has 48 heavy (non-hydrogen) atoms. The Balaban J connectivity index is 1.26. The Morgan fingerprint density at radius 1 is 0.708 bits per heavy atom. The predicted molar refractivity (Wildman–Crippen MR) is 173 cm³/mol. The molecule has 2 atom stereocenters. The van der Waals surface area contributed by atoms with Crippen LogP contribution in [0.25, 0.3) is 0 Å². The van der Waals surface area contributed by atoms with Gasteiger partial charge in [-0.1, -0.05) is 24.3 Å². The number of hydrogen-bond donors (Lipinski definition) is 2. The van der Waals surface area contributed by atoms with E-state index < -0.39 is 23.8 Å². The van der Waals surface area contributed by atoms with Crippen molar-refractivity contribution in [1.29, 1.82) is 0 Å². The van der Waals surface area contributed by atoms with Crippen LogP contribution in [0.2, 0.25) is 0 Å². The summed E-state index contributed by atoms with van der Waals surface area (Å²) in [5, 5.41) is 13.7. The van der Waals surface area contributed by atoms with Gasteiger partial charge in [0.15, 0.2) is 11.5 Å². The van der Waals surface area contributed by atoms with Crippen molar-refractivity contribution in [2.45, 2.75) is 31.3 Å². The van der Waals surface area contributed by atoms with Crippen LogP contribution in [0.1, 0.15) is 12.5 Å². The Bertz CT molecular complexity index is 1660. The molecule has 4 aromatic carbocycles. The minimum atomic E-state index is -2.61. The van der Waals surface area contributed by atoms with Crippen LogP contribution in [-0.2, 0) is 16.0 Å². The van der Waals surface area contributed by atoms with E-state index in [1.165, 1.54) is 38.5 Å². The monoisotopic (exact) mass is 659 g/mol. The summed E-state index contributed by atoms with van der Waals surface area (Å²) in [5.74, 6) is -2.27. The van der Waals surface area contributed by atoms with Crippen molar-refractivity contribution < 1.29 is 52.6 Å². The third-order valence-corrected chi connectivity index (χ3v) is 7.28. The number of rotatable bonds is 15. The molecule has 0 saturated carbocycles. The van der Waals surface area contributed by atoms with E-state index in [0.29, 0.717) is 29.4 Å². The van der Waals surface area contributed by atoms with E-state index in [9.17, 15) is 14.7 Å². The lowest BCUT2D eigenvalue weighted by molar-refractivity contribution is -0.190. The topological polar surface area (TPSA) is 140 Å². The van der Waals surface area contributed by atoms with Crippen LogP contribution in [0.15, 0.2) is 91.0 Å². The summed E-state index contributed by atoms with van der Waals surface area (Å²) in [6.45, 7) is 2.34. The van der Waals surface area contributed by atoms with Crippen molar-refractivity contribution in [3.05, 3.63) is 96.6 Å². The highest BCUT2D eigenvalue weighted by atomic mass is 16.8. The molecule has 0 radical (unpaired) electrons. The first-order valence-corrected chi connectivity index (χ1v) is 15.1. The molecule has 0 aromatic heterocycles. The standard InChI is InChI=1S/C36H37NO11/c1-23(37-21-25(38)22-44-29-11-5-8-26(18-29)41-2)16-24-14-15-32-33(17-24)48-36(47-32,34(39)45-30-12-6-9-27(19-30)42-3)35(40)46-31-13-7-10-28(20-31)43-4/h5-15,17-20,23,25,37-38H,16,21-22H2,1-4H3. The fraction of sp³-hybridized carbons (Fsp3) is 0.278. The highest BCUT2D eigenvalue weighted by molar-refractivity contribution is 6.05. The van der Waals surface area contributed by atoms with Crippen molar-refractivity contribution in [3.63, 3.8) is 0 Å². The number of carbonyl (C=O) groups excluding carboxylic acids is 2. The van der Waals surface area contributed by atoms with Gasteiger partial charge in [-0.05, 0) is 67.4 Å². The summed E-state index contributed by atoms with van der Waals surface area (Å²) in [7, 11) is 4.52. The lowest BCUT2D eigenvalue weighted by atomic mass is 10.1. The van der Waals surface area contributed by atoms with E-state index in [1.807, 2.05) is 19.1 Å². The molecule has 0 spiro atoms. The van der Waals surface area contributed by atoms with E-state index >= 15 is 0 Å². The van der Waals surface area contributed by atoms with E-state index in [0.717, 1.165) is 5.56 Å². The second kappa shape index (κ2) is 15.4. The fourth-order valence-corrected chi connectivity index (χ4v) is 4.81. The molecular formula is C36H37NO11. The second-order valence-electron chi connectivity index (χ2n) is 10.9. The summed E-state index contributed by atoms with van der Waals surface area (Å²) < 4.78 is 44.2. The number of nitrogens with one attached hydrogen (secondary N) is 1. The highest BCUT2D eigenvalue weighted by Gasteiger charge is 2.60. The van der Waals surface area contributed by atoms with Crippen molar-refractivity contribution in [1.82, 2.24) is 5.32 Å². The Hall–Kier alpha value is -5.46. The molecule has 0 saturated heterocycles. The molecular weight excluding hydrogens is 622 g/mol. The quantitative estimate of drug-likeness (QED) is 0.107. The molecule has 252 valence electrons. The molecule has 5 rings (SSSR count). The highest BCUT2D eigenvalue weighted by Crippen LogP contribution is 2.42. The van der Waals surface area contributed by atoms with Crippen LogP contribution in [0.4, 0.5) is 0 Å². The van der Waals surface area contributed by atoms with Gasteiger partial charge in [-0.15, -0.1) is 0 Å². The van der Waals surface area contributed by atoms with Gasteiger partial charge >= 0.3 is 17.7 Å². The van der Waals surface area contributed by atoms with Gasteiger partial charge in [-0.25, -0.2) is 9.59 Å². The van der Waals surface area contributed by atoms with E-state index in [1.54, 1.807) is 61.7 Å². The van der Waals surface area contributed by atoms with Crippen molar-refractivity contribution in [2.75, 3.05) is 34.5 Å². The molecule has 2 N–H and O–H groups in total. The molecule has 0 aliphatic carbocycles. The minimum absolute atomic E-state index is 0.0716. The molecule has 0 bridgehead atoms. The number of hydrogen-bond acceptors (Lipinski definition) is 12. The van der Waals surface area contributed by atoms with E-state index in [-0.39, 0.29) is 42.2 Å². The maximum Gasteiger partial charge on any atom is 0.454 e. The number of ether oxygens (including phenoxy) is 8. The zero-order valence-electron chi connectivity index (χ0n) is 27.0.